The van der Waals surface area contributed by atoms with Gasteiger partial charge in [0, 0.05) is 16.9 Å². The van der Waals surface area contributed by atoms with Crippen molar-refractivity contribution in [3.63, 3.8) is 0 Å². The lowest BCUT2D eigenvalue weighted by atomic mass is 10.1. The molecule has 0 atom stereocenters. The number of nitrogens with one attached hydrogen (secondary N) is 1. The van der Waals surface area contributed by atoms with Crippen LogP contribution in [0.1, 0.15) is 22.4 Å². The molecule has 0 aliphatic rings. The third kappa shape index (κ3) is 5.07. The van der Waals surface area contributed by atoms with Crippen molar-refractivity contribution in [2.24, 2.45) is 0 Å². The summed E-state index contributed by atoms with van der Waals surface area (Å²) in [4.78, 5) is 12.9. The molecule has 0 bridgehead atoms. The van der Waals surface area contributed by atoms with E-state index < -0.39 is 0 Å². The molecule has 0 radical (unpaired) electrons. The van der Waals surface area contributed by atoms with E-state index in [4.69, 9.17) is 5.11 Å². The Morgan fingerprint density at radius 2 is 2.05 bits per heavy atom. The second kappa shape index (κ2) is 8.25. The van der Waals surface area contributed by atoms with Crippen LogP contribution in [0.4, 0.5) is 0 Å². The molecular formula is C17H17NO2S. The summed E-state index contributed by atoms with van der Waals surface area (Å²) in [5.41, 5.74) is 1.93. The first-order valence-electron chi connectivity index (χ1n) is 6.76. The van der Waals surface area contributed by atoms with E-state index in [0.29, 0.717) is 19.4 Å². The van der Waals surface area contributed by atoms with Gasteiger partial charge in [0.15, 0.2) is 0 Å². The highest BCUT2D eigenvalue weighted by atomic mass is 32.1. The fourth-order valence-electron chi connectivity index (χ4n) is 1.83. The molecular weight excluding hydrogens is 282 g/mol. The molecule has 1 aromatic carbocycles. The van der Waals surface area contributed by atoms with Gasteiger partial charge in [-0.25, -0.2) is 0 Å². The second-order valence-corrected chi connectivity index (χ2v) is 5.47. The van der Waals surface area contributed by atoms with Crippen molar-refractivity contribution < 1.29 is 9.90 Å². The van der Waals surface area contributed by atoms with Crippen molar-refractivity contribution in [1.82, 2.24) is 5.32 Å². The average Bonchev–Trinajstić information content (AvgIpc) is 2.94. The minimum absolute atomic E-state index is 0.00358. The van der Waals surface area contributed by atoms with Gasteiger partial charge in [-0.15, -0.1) is 11.3 Å². The molecule has 21 heavy (non-hydrogen) atoms. The van der Waals surface area contributed by atoms with Gasteiger partial charge in [-0.2, -0.15) is 0 Å². The van der Waals surface area contributed by atoms with E-state index in [2.05, 4.69) is 17.2 Å². The zero-order valence-corrected chi connectivity index (χ0v) is 12.5. The third-order valence-electron chi connectivity index (χ3n) is 2.86. The molecule has 0 saturated carbocycles. The van der Waals surface area contributed by atoms with Crippen LogP contribution in [0.2, 0.25) is 0 Å². The van der Waals surface area contributed by atoms with E-state index in [9.17, 15) is 4.79 Å². The molecule has 2 rings (SSSR count). The summed E-state index contributed by atoms with van der Waals surface area (Å²) in [6, 6.07) is 11.6. The molecule has 0 fully saturated rings. The molecule has 0 spiro atoms. The molecule has 1 aromatic heterocycles. The van der Waals surface area contributed by atoms with Crippen molar-refractivity contribution in [2.45, 2.75) is 19.4 Å². The monoisotopic (exact) mass is 299 g/mol. The van der Waals surface area contributed by atoms with Crippen LogP contribution in [0.5, 0.6) is 0 Å². The number of amides is 1. The number of rotatable bonds is 5. The Hall–Kier alpha value is -2.09. The number of aliphatic hydroxyl groups excluding tert-OH is 1. The van der Waals surface area contributed by atoms with Gasteiger partial charge in [-0.1, -0.05) is 42.2 Å². The van der Waals surface area contributed by atoms with E-state index >= 15 is 0 Å². The lowest BCUT2D eigenvalue weighted by molar-refractivity contribution is -0.120. The molecule has 1 amide bonds. The average molecular weight is 299 g/mol. The van der Waals surface area contributed by atoms with Crippen molar-refractivity contribution >= 4 is 17.2 Å². The Balaban J connectivity index is 1.87. The van der Waals surface area contributed by atoms with Crippen LogP contribution in [0.15, 0.2) is 41.8 Å². The first-order valence-corrected chi connectivity index (χ1v) is 7.64. The Morgan fingerprint density at radius 3 is 2.81 bits per heavy atom. The molecule has 0 aliphatic carbocycles. The van der Waals surface area contributed by atoms with Crippen molar-refractivity contribution in [1.29, 1.82) is 0 Å². The molecule has 108 valence electrons. The number of hydrogen-bond donors (Lipinski definition) is 2. The number of aliphatic hydroxyl groups is 1. The highest BCUT2D eigenvalue weighted by molar-refractivity contribution is 7.10. The van der Waals surface area contributed by atoms with Crippen molar-refractivity contribution in [3.05, 3.63) is 57.8 Å². The lowest BCUT2D eigenvalue weighted by Gasteiger charge is -2.04. The SMILES string of the molecule is O=C(Cc1ccccc1)NCc1sccc1C#CCCO. The van der Waals surface area contributed by atoms with Crippen LogP contribution >= 0.6 is 11.3 Å². The van der Waals surface area contributed by atoms with E-state index in [0.717, 1.165) is 16.0 Å². The normalized spacial score (nSPS) is 9.76. The largest absolute Gasteiger partial charge is 0.395 e. The van der Waals surface area contributed by atoms with E-state index in [-0.39, 0.29) is 12.5 Å². The van der Waals surface area contributed by atoms with E-state index in [1.807, 2.05) is 41.8 Å². The van der Waals surface area contributed by atoms with Crippen LogP contribution < -0.4 is 5.32 Å². The number of carbonyl (C=O) groups is 1. The first kappa shape index (κ1) is 15.3. The third-order valence-corrected chi connectivity index (χ3v) is 3.78. The molecule has 1 heterocycles. The summed E-state index contributed by atoms with van der Waals surface area (Å²) in [5, 5.41) is 13.6. The summed E-state index contributed by atoms with van der Waals surface area (Å²) >= 11 is 1.58. The van der Waals surface area contributed by atoms with Gasteiger partial charge in [0.25, 0.3) is 0 Å². The van der Waals surface area contributed by atoms with Crippen LogP contribution in [0.3, 0.4) is 0 Å². The van der Waals surface area contributed by atoms with Crippen LogP contribution in [-0.2, 0) is 17.8 Å². The molecule has 2 aromatic rings. The minimum atomic E-state index is 0.00358. The number of benzene rings is 1. The van der Waals surface area contributed by atoms with Gasteiger partial charge in [-0.3, -0.25) is 4.79 Å². The van der Waals surface area contributed by atoms with Gasteiger partial charge in [0.05, 0.1) is 19.6 Å². The van der Waals surface area contributed by atoms with Gasteiger partial charge >= 0.3 is 0 Å². The molecule has 0 aliphatic heterocycles. The first-order chi connectivity index (χ1) is 10.3. The zero-order chi connectivity index (χ0) is 14.9. The van der Waals surface area contributed by atoms with E-state index in [1.165, 1.54) is 0 Å². The predicted molar refractivity (Wildman–Crippen MR) is 84.9 cm³/mol. The van der Waals surface area contributed by atoms with Gasteiger partial charge in [-0.05, 0) is 17.0 Å². The number of thiophene rings is 1. The molecule has 3 nitrogen and oxygen atoms in total. The number of carbonyl (C=O) groups excluding carboxylic acids is 1. The van der Waals surface area contributed by atoms with Crippen LogP contribution in [0, 0.1) is 11.8 Å². The molecule has 0 unspecified atom stereocenters. The Bertz CT molecular complexity index is 638. The summed E-state index contributed by atoms with van der Waals surface area (Å²) < 4.78 is 0. The van der Waals surface area contributed by atoms with Crippen molar-refractivity contribution in [3.8, 4) is 11.8 Å². The predicted octanol–water partition coefficient (Wildman–Crippen LogP) is 2.34. The zero-order valence-electron chi connectivity index (χ0n) is 11.6. The second-order valence-electron chi connectivity index (χ2n) is 4.47. The Morgan fingerprint density at radius 1 is 1.24 bits per heavy atom. The maximum Gasteiger partial charge on any atom is 0.224 e. The maximum atomic E-state index is 11.9. The molecule has 2 N–H and O–H groups in total. The fraction of sp³-hybridized carbons (Fsp3) is 0.235. The van der Waals surface area contributed by atoms with Gasteiger partial charge < -0.3 is 10.4 Å². The fourth-order valence-corrected chi connectivity index (χ4v) is 2.60. The highest BCUT2D eigenvalue weighted by Crippen LogP contribution is 2.15. The summed E-state index contributed by atoms with van der Waals surface area (Å²) in [5.74, 6) is 5.92. The minimum Gasteiger partial charge on any atom is -0.395 e. The maximum absolute atomic E-state index is 11.9. The Kier molecular flexibility index (Phi) is 6.01. The quantitative estimate of drug-likeness (QED) is 0.833. The molecule has 4 heteroatoms. The standard InChI is InChI=1S/C17H17NO2S/c19-10-5-4-8-15-9-11-21-16(15)13-18-17(20)12-14-6-2-1-3-7-14/h1-3,6-7,9,11,19H,5,10,12-13H2,(H,18,20). The highest BCUT2D eigenvalue weighted by Gasteiger charge is 2.06. The van der Waals surface area contributed by atoms with Crippen LogP contribution in [0.25, 0.3) is 0 Å². The smallest absolute Gasteiger partial charge is 0.224 e. The van der Waals surface area contributed by atoms with Gasteiger partial charge in [0.1, 0.15) is 0 Å². The summed E-state index contributed by atoms with van der Waals surface area (Å²) in [7, 11) is 0. The number of hydrogen-bond acceptors (Lipinski definition) is 3. The Labute approximate surface area is 128 Å². The molecule has 0 saturated heterocycles. The summed E-state index contributed by atoms with van der Waals surface area (Å²) in [6.07, 6.45) is 0.855. The van der Waals surface area contributed by atoms with E-state index in [1.54, 1.807) is 11.3 Å². The van der Waals surface area contributed by atoms with Crippen molar-refractivity contribution in [2.75, 3.05) is 6.61 Å². The topological polar surface area (TPSA) is 49.3 Å². The van der Waals surface area contributed by atoms with Crippen LogP contribution in [-0.4, -0.2) is 17.6 Å². The lowest BCUT2D eigenvalue weighted by Crippen LogP contribution is -2.24. The summed E-state index contributed by atoms with van der Waals surface area (Å²) in [6.45, 7) is 0.562. The van der Waals surface area contributed by atoms with Gasteiger partial charge in [0.2, 0.25) is 5.91 Å².